The second kappa shape index (κ2) is 11.1. The van der Waals surface area contributed by atoms with E-state index in [0.717, 1.165) is 6.42 Å². The molecule has 2 nitrogen and oxygen atoms in total. The Bertz CT molecular complexity index is 331. The molecular formula is C21H42N2. The van der Waals surface area contributed by atoms with E-state index in [9.17, 15) is 0 Å². The van der Waals surface area contributed by atoms with Gasteiger partial charge in [-0.3, -0.25) is 4.99 Å². The lowest BCUT2D eigenvalue weighted by Crippen LogP contribution is -2.46. The normalized spacial score (nSPS) is 19.9. The number of nitrogens with one attached hydrogen (secondary N) is 1. The number of aliphatic imine (C=N–C) groups is 1. The van der Waals surface area contributed by atoms with Gasteiger partial charge in [0, 0.05) is 6.42 Å². The van der Waals surface area contributed by atoms with Gasteiger partial charge in [0.2, 0.25) is 0 Å². The molecule has 0 fully saturated rings. The average Bonchev–Trinajstić information content (AvgIpc) is 2.79. The van der Waals surface area contributed by atoms with Crippen molar-refractivity contribution in [2.75, 3.05) is 0 Å². The van der Waals surface area contributed by atoms with Crippen molar-refractivity contribution in [2.24, 2.45) is 10.9 Å². The Morgan fingerprint density at radius 3 is 1.78 bits per heavy atom. The molecule has 0 amide bonds. The molecule has 1 aliphatic rings. The SMILES string of the molecule is CCCCCCCCCCCCCC1=NC(C(C)C)C(C)(C)N1. The minimum atomic E-state index is 0.140. The zero-order chi connectivity index (χ0) is 17.1. The third kappa shape index (κ3) is 8.22. The lowest BCUT2D eigenvalue weighted by Gasteiger charge is -2.28. The monoisotopic (exact) mass is 322 g/mol. The van der Waals surface area contributed by atoms with Gasteiger partial charge in [-0.1, -0.05) is 85.0 Å². The molecule has 1 aliphatic heterocycles. The third-order valence-corrected chi connectivity index (χ3v) is 5.15. The van der Waals surface area contributed by atoms with Crippen LogP contribution in [0.15, 0.2) is 4.99 Å². The lowest BCUT2D eigenvalue weighted by molar-refractivity contribution is 0.330. The minimum absolute atomic E-state index is 0.140. The Morgan fingerprint density at radius 2 is 1.35 bits per heavy atom. The van der Waals surface area contributed by atoms with Crippen LogP contribution >= 0.6 is 0 Å². The smallest absolute Gasteiger partial charge is 0.0972 e. The quantitative estimate of drug-likeness (QED) is 0.385. The highest BCUT2D eigenvalue weighted by Gasteiger charge is 2.37. The molecule has 1 heterocycles. The Morgan fingerprint density at radius 1 is 0.870 bits per heavy atom. The molecular weight excluding hydrogens is 280 g/mol. The summed E-state index contributed by atoms with van der Waals surface area (Å²) >= 11 is 0. The summed E-state index contributed by atoms with van der Waals surface area (Å²) in [6.07, 6.45) is 16.6. The van der Waals surface area contributed by atoms with Crippen molar-refractivity contribution >= 4 is 5.84 Å². The minimum Gasteiger partial charge on any atom is -0.367 e. The molecule has 0 saturated carbocycles. The first-order chi connectivity index (χ1) is 11.0. The topological polar surface area (TPSA) is 24.4 Å². The number of amidine groups is 1. The third-order valence-electron chi connectivity index (χ3n) is 5.15. The van der Waals surface area contributed by atoms with E-state index in [0.29, 0.717) is 12.0 Å². The number of nitrogens with zero attached hydrogens (tertiary/aromatic N) is 1. The highest BCUT2D eigenvalue weighted by atomic mass is 15.2. The average molecular weight is 323 g/mol. The van der Waals surface area contributed by atoms with Gasteiger partial charge in [-0.2, -0.15) is 0 Å². The molecule has 0 aromatic heterocycles. The van der Waals surface area contributed by atoms with Gasteiger partial charge >= 0.3 is 0 Å². The van der Waals surface area contributed by atoms with Gasteiger partial charge in [0.25, 0.3) is 0 Å². The van der Waals surface area contributed by atoms with Gasteiger partial charge in [-0.15, -0.1) is 0 Å². The number of rotatable bonds is 13. The first kappa shape index (κ1) is 20.5. The van der Waals surface area contributed by atoms with Crippen molar-refractivity contribution in [3.63, 3.8) is 0 Å². The first-order valence-corrected chi connectivity index (χ1v) is 10.3. The van der Waals surface area contributed by atoms with Gasteiger partial charge < -0.3 is 5.32 Å². The predicted octanol–water partition coefficient (Wildman–Crippen LogP) is 6.49. The van der Waals surface area contributed by atoms with Crippen LogP contribution in [0.2, 0.25) is 0 Å². The summed E-state index contributed by atoms with van der Waals surface area (Å²) in [5, 5.41) is 3.65. The lowest BCUT2D eigenvalue weighted by atomic mass is 9.88. The number of hydrogen-bond acceptors (Lipinski definition) is 2. The zero-order valence-corrected chi connectivity index (χ0v) is 16.6. The summed E-state index contributed by atoms with van der Waals surface area (Å²) in [6.45, 7) is 11.4. The maximum absolute atomic E-state index is 4.93. The highest BCUT2D eigenvalue weighted by Crippen LogP contribution is 2.26. The molecule has 1 atom stereocenters. The molecule has 23 heavy (non-hydrogen) atoms. The summed E-state index contributed by atoms with van der Waals surface area (Å²) in [5.74, 6) is 1.87. The van der Waals surface area contributed by atoms with Crippen LogP contribution in [-0.4, -0.2) is 17.4 Å². The van der Waals surface area contributed by atoms with Crippen LogP contribution in [0.1, 0.15) is 112 Å². The Balaban J connectivity index is 1.98. The van der Waals surface area contributed by atoms with Gasteiger partial charge in [-0.05, 0) is 26.2 Å². The fraction of sp³-hybridized carbons (Fsp3) is 0.952. The summed E-state index contributed by atoms with van der Waals surface area (Å²) in [5.41, 5.74) is 0.140. The largest absolute Gasteiger partial charge is 0.367 e. The molecule has 1 N–H and O–H groups in total. The van der Waals surface area contributed by atoms with Crippen molar-refractivity contribution in [1.29, 1.82) is 0 Å². The fourth-order valence-electron chi connectivity index (χ4n) is 3.87. The highest BCUT2D eigenvalue weighted by molar-refractivity contribution is 5.85. The molecule has 0 radical (unpaired) electrons. The molecule has 0 aromatic rings. The maximum atomic E-state index is 4.93. The van der Waals surface area contributed by atoms with Crippen LogP contribution in [0, 0.1) is 5.92 Å². The first-order valence-electron chi connectivity index (χ1n) is 10.3. The Labute approximate surface area is 145 Å². The molecule has 0 aliphatic carbocycles. The Hall–Kier alpha value is -0.530. The van der Waals surface area contributed by atoms with E-state index < -0.39 is 0 Å². The molecule has 0 aromatic carbocycles. The molecule has 0 saturated heterocycles. The predicted molar refractivity (Wildman–Crippen MR) is 104 cm³/mol. The van der Waals surface area contributed by atoms with Crippen LogP contribution in [0.4, 0.5) is 0 Å². The van der Waals surface area contributed by atoms with E-state index in [1.54, 1.807) is 0 Å². The molecule has 1 rings (SSSR count). The van der Waals surface area contributed by atoms with E-state index >= 15 is 0 Å². The number of hydrogen-bond donors (Lipinski definition) is 1. The van der Waals surface area contributed by atoms with E-state index in [-0.39, 0.29) is 5.54 Å². The van der Waals surface area contributed by atoms with Crippen molar-refractivity contribution < 1.29 is 0 Å². The van der Waals surface area contributed by atoms with E-state index in [2.05, 4.69) is 39.9 Å². The molecule has 2 heteroatoms. The van der Waals surface area contributed by atoms with Crippen LogP contribution < -0.4 is 5.32 Å². The number of unbranched alkanes of at least 4 members (excludes halogenated alkanes) is 10. The van der Waals surface area contributed by atoms with Crippen molar-refractivity contribution in [3.05, 3.63) is 0 Å². The van der Waals surface area contributed by atoms with Crippen molar-refractivity contribution in [1.82, 2.24) is 5.32 Å². The van der Waals surface area contributed by atoms with E-state index in [1.165, 1.54) is 76.5 Å². The van der Waals surface area contributed by atoms with Gasteiger partial charge in [-0.25, -0.2) is 0 Å². The van der Waals surface area contributed by atoms with E-state index in [4.69, 9.17) is 4.99 Å². The fourth-order valence-corrected chi connectivity index (χ4v) is 3.87. The molecule has 0 bridgehead atoms. The second-order valence-corrected chi connectivity index (χ2v) is 8.40. The van der Waals surface area contributed by atoms with E-state index in [1.807, 2.05) is 0 Å². The summed E-state index contributed by atoms with van der Waals surface area (Å²) in [4.78, 5) is 4.93. The summed E-state index contributed by atoms with van der Waals surface area (Å²) < 4.78 is 0. The molecule has 0 spiro atoms. The molecule has 136 valence electrons. The summed E-state index contributed by atoms with van der Waals surface area (Å²) in [6, 6.07) is 0.435. The van der Waals surface area contributed by atoms with Crippen LogP contribution in [-0.2, 0) is 0 Å². The second-order valence-electron chi connectivity index (χ2n) is 8.40. The molecule has 1 unspecified atom stereocenters. The van der Waals surface area contributed by atoms with Gasteiger partial charge in [0.1, 0.15) is 0 Å². The van der Waals surface area contributed by atoms with Gasteiger partial charge in [0.15, 0.2) is 0 Å². The van der Waals surface area contributed by atoms with Crippen LogP contribution in [0.25, 0.3) is 0 Å². The van der Waals surface area contributed by atoms with Crippen molar-refractivity contribution in [2.45, 2.75) is 123 Å². The standard InChI is InChI=1S/C21H42N2/c1-6-7-8-9-10-11-12-13-14-15-16-17-19-22-20(18(2)3)21(4,5)23-19/h18,20H,6-17H2,1-5H3,(H,22,23). The van der Waals surface area contributed by atoms with Crippen LogP contribution in [0.3, 0.4) is 0 Å². The van der Waals surface area contributed by atoms with Crippen molar-refractivity contribution in [3.8, 4) is 0 Å². The van der Waals surface area contributed by atoms with Gasteiger partial charge in [0.05, 0.1) is 17.4 Å². The Kier molecular flexibility index (Phi) is 9.90. The van der Waals surface area contributed by atoms with Crippen LogP contribution in [0.5, 0.6) is 0 Å². The maximum Gasteiger partial charge on any atom is 0.0972 e. The summed E-state index contributed by atoms with van der Waals surface area (Å²) in [7, 11) is 0. The zero-order valence-electron chi connectivity index (χ0n) is 16.6.